The van der Waals surface area contributed by atoms with Crippen LogP contribution < -0.4 is 5.32 Å². The van der Waals surface area contributed by atoms with Crippen molar-refractivity contribution >= 4 is 30.7 Å². The standard InChI is InChI=1S/C20H22N6O.2ClH/c1-2-15-3-5-16(6-4-15)18-12-21-9-10-25(18)20(27)17-7-8-19(23-11-17)26-14-22-13-24-26;;/h3-8,11,13-14,18,21H,2,9-10,12H2,1H3;2*1H. The molecule has 1 amide bonds. The quantitative estimate of drug-likeness (QED) is 0.682. The van der Waals surface area contributed by atoms with E-state index in [0.717, 1.165) is 25.1 Å². The number of piperazine rings is 1. The van der Waals surface area contributed by atoms with Gasteiger partial charge in [-0.1, -0.05) is 31.2 Å². The van der Waals surface area contributed by atoms with Crippen LogP contribution in [0, 0.1) is 0 Å². The van der Waals surface area contributed by atoms with Crippen LogP contribution in [0.1, 0.15) is 34.5 Å². The Labute approximate surface area is 182 Å². The molecule has 0 spiro atoms. The van der Waals surface area contributed by atoms with Crippen LogP contribution in [-0.4, -0.2) is 50.2 Å². The monoisotopic (exact) mass is 434 g/mol. The van der Waals surface area contributed by atoms with Crippen molar-refractivity contribution in [1.82, 2.24) is 30.0 Å². The Hall–Kier alpha value is -2.48. The van der Waals surface area contributed by atoms with Gasteiger partial charge in [0.25, 0.3) is 5.91 Å². The molecule has 2 aromatic heterocycles. The SMILES string of the molecule is CCc1ccc(C2CNCCN2C(=O)c2ccc(-n3cncn3)nc2)cc1.Cl.Cl. The molecule has 0 saturated carbocycles. The van der Waals surface area contributed by atoms with Gasteiger partial charge in [-0.05, 0) is 29.7 Å². The number of hydrogen-bond acceptors (Lipinski definition) is 5. The third-order valence-corrected chi connectivity index (χ3v) is 4.93. The Kier molecular flexibility index (Phi) is 8.13. The Morgan fingerprint density at radius 3 is 2.59 bits per heavy atom. The number of rotatable bonds is 4. The van der Waals surface area contributed by atoms with Gasteiger partial charge in [0.05, 0.1) is 11.6 Å². The molecule has 1 aromatic carbocycles. The van der Waals surface area contributed by atoms with Crippen molar-refractivity contribution in [1.29, 1.82) is 0 Å². The van der Waals surface area contributed by atoms with E-state index >= 15 is 0 Å². The zero-order valence-corrected chi connectivity index (χ0v) is 17.7. The van der Waals surface area contributed by atoms with Gasteiger partial charge < -0.3 is 10.2 Å². The number of hydrogen-bond donors (Lipinski definition) is 1. The number of amides is 1. The molecule has 1 aliphatic heterocycles. The van der Waals surface area contributed by atoms with E-state index in [0.29, 0.717) is 17.9 Å². The van der Waals surface area contributed by atoms with E-state index in [1.807, 2.05) is 4.90 Å². The summed E-state index contributed by atoms with van der Waals surface area (Å²) in [5, 5.41) is 7.45. The Morgan fingerprint density at radius 1 is 1.17 bits per heavy atom. The molecule has 0 radical (unpaired) electrons. The minimum atomic E-state index is -0.00120. The zero-order chi connectivity index (χ0) is 18.6. The highest BCUT2D eigenvalue weighted by atomic mass is 35.5. The predicted molar refractivity (Wildman–Crippen MR) is 116 cm³/mol. The molecule has 3 aromatic rings. The molecule has 1 N–H and O–H groups in total. The highest BCUT2D eigenvalue weighted by Crippen LogP contribution is 2.24. The molecule has 29 heavy (non-hydrogen) atoms. The summed E-state index contributed by atoms with van der Waals surface area (Å²) in [6.45, 7) is 4.36. The molecule has 4 rings (SSSR count). The van der Waals surface area contributed by atoms with Gasteiger partial charge in [-0.3, -0.25) is 4.79 Å². The van der Waals surface area contributed by atoms with Crippen LogP contribution in [0.5, 0.6) is 0 Å². The second-order valence-corrected chi connectivity index (χ2v) is 6.56. The average molecular weight is 435 g/mol. The molecule has 1 aliphatic rings. The average Bonchev–Trinajstić information content (AvgIpc) is 3.28. The van der Waals surface area contributed by atoms with Gasteiger partial charge in [0.2, 0.25) is 0 Å². The van der Waals surface area contributed by atoms with Crippen molar-refractivity contribution in [2.24, 2.45) is 0 Å². The third kappa shape index (κ3) is 4.93. The maximum absolute atomic E-state index is 13.1. The Morgan fingerprint density at radius 2 is 1.97 bits per heavy atom. The lowest BCUT2D eigenvalue weighted by molar-refractivity contribution is 0.0634. The fourth-order valence-corrected chi connectivity index (χ4v) is 3.36. The molecular formula is C20H24Cl2N6O. The molecule has 3 heterocycles. The number of carbonyl (C=O) groups is 1. The first-order chi connectivity index (χ1) is 13.3. The number of benzene rings is 1. The van der Waals surface area contributed by atoms with Crippen LogP contribution >= 0.6 is 24.8 Å². The van der Waals surface area contributed by atoms with Crippen LogP contribution in [0.4, 0.5) is 0 Å². The lowest BCUT2D eigenvalue weighted by Crippen LogP contribution is -2.48. The molecule has 7 nitrogen and oxygen atoms in total. The summed E-state index contributed by atoms with van der Waals surface area (Å²) in [5.41, 5.74) is 3.03. The highest BCUT2D eigenvalue weighted by Gasteiger charge is 2.28. The Balaban J connectivity index is 0.00000150. The summed E-state index contributed by atoms with van der Waals surface area (Å²) in [6.07, 6.45) is 5.65. The largest absolute Gasteiger partial charge is 0.329 e. The van der Waals surface area contributed by atoms with Gasteiger partial charge in [0, 0.05) is 25.8 Å². The van der Waals surface area contributed by atoms with Crippen LogP contribution in [0.2, 0.25) is 0 Å². The first-order valence-corrected chi connectivity index (χ1v) is 9.18. The number of nitrogens with one attached hydrogen (secondary N) is 1. The van der Waals surface area contributed by atoms with Crippen LogP contribution in [0.3, 0.4) is 0 Å². The number of aromatic nitrogens is 4. The summed E-state index contributed by atoms with van der Waals surface area (Å²) in [4.78, 5) is 23.3. The van der Waals surface area contributed by atoms with Crippen LogP contribution in [0.15, 0.2) is 55.2 Å². The number of pyridine rings is 1. The van der Waals surface area contributed by atoms with E-state index in [1.54, 1.807) is 29.3 Å². The molecule has 9 heteroatoms. The molecule has 1 fully saturated rings. The van der Waals surface area contributed by atoms with Crippen LogP contribution in [-0.2, 0) is 6.42 Å². The second kappa shape index (κ2) is 10.3. The van der Waals surface area contributed by atoms with Gasteiger partial charge in [0.15, 0.2) is 5.82 Å². The van der Waals surface area contributed by atoms with Gasteiger partial charge in [-0.2, -0.15) is 5.10 Å². The molecule has 1 unspecified atom stereocenters. The normalized spacial score (nSPS) is 15.9. The topological polar surface area (TPSA) is 75.9 Å². The van der Waals surface area contributed by atoms with Gasteiger partial charge in [-0.15, -0.1) is 24.8 Å². The molecule has 154 valence electrons. The minimum Gasteiger partial charge on any atom is -0.329 e. The van der Waals surface area contributed by atoms with Crippen molar-refractivity contribution in [2.75, 3.05) is 19.6 Å². The van der Waals surface area contributed by atoms with Crippen molar-refractivity contribution in [2.45, 2.75) is 19.4 Å². The summed E-state index contributed by atoms with van der Waals surface area (Å²) >= 11 is 0. The summed E-state index contributed by atoms with van der Waals surface area (Å²) in [7, 11) is 0. The van der Waals surface area contributed by atoms with E-state index in [2.05, 4.69) is 51.6 Å². The predicted octanol–water partition coefficient (Wildman–Crippen LogP) is 2.86. The molecule has 0 bridgehead atoms. The molecular weight excluding hydrogens is 411 g/mol. The number of halogens is 2. The third-order valence-electron chi connectivity index (χ3n) is 4.93. The van der Waals surface area contributed by atoms with E-state index in [4.69, 9.17) is 0 Å². The second-order valence-electron chi connectivity index (χ2n) is 6.56. The maximum Gasteiger partial charge on any atom is 0.256 e. The number of aryl methyl sites for hydroxylation is 1. The number of carbonyl (C=O) groups excluding carboxylic acids is 1. The van der Waals surface area contributed by atoms with E-state index in [-0.39, 0.29) is 36.8 Å². The van der Waals surface area contributed by atoms with Gasteiger partial charge >= 0.3 is 0 Å². The van der Waals surface area contributed by atoms with Gasteiger partial charge in [0.1, 0.15) is 12.7 Å². The lowest BCUT2D eigenvalue weighted by atomic mass is 10.00. The van der Waals surface area contributed by atoms with Crippen LogP contribution in [0.25, 0.3) is 5.82 Å². The zero-order valence-electron chi connectivity index (χ0n) is 16.1. The first-order valence-electron chi connectivity index (χ1n) is 9.18. The number of nitrogens with zero attached hydrogens (tertiary/aromatic N) is 5. The minimum absolute atomic E-state index is 0. The lowest BCUT2D eigenvalue weighted by Gasteiger charge is -2.36. The summed E-state index contributed by atoms with van der Waals surface area (Å²) in [6, 6.07) is 12.1. The fraction of sp³-hybridized carbons (Fsp3) is 0.300. The summed E-state index contributed by atoms with van der Waals surface area (Å²) < 4.78 is 1.57. The fourth-order valence-electron chi connectivity index (χ4n) is 3.36. The van der Waals surface area contributed by atoms with E-state index < -0.39 is 0 Å². The smallest absolute Gasteiger partial charge is 0.256 e. The molecule has 1 saturated heterocycles. The van der Waals surface area contributed by atoms with E-state index in [9.17, 15) is 4.79 Å². The van der Waals surface area contributed by atoms with Crippen molar-refractivity contribution < 1.29 is 4.79 Å². The van der Waals surface area contributed by atoms with Crippen molar-refractivity contribution in [3.05, 3.63) is 71.9 Å². The Bertz CT molecular complexity index is 900. The molecule has 1 atom stereocenters. The highest BCUT2D eigenvalue weighted by molar-refractivity contribution is 5.94. The van der Waals surface area contributed by atoms with Crippen molar-refractivity contribution in [3.63, 3.8) is 0 Å². The summed E-state index contributed by atoms with van der Waals surface area (Å²) in [5.74, 6) is 0.634. The van der Waals surface area contributed by atoms with Gasteiger partial charge in [-0.25, -0.2) is 14.6 Å². The first kappa shape index (κ1) is 22.8. The maximum atomic E-state index is 13.1. The molecule has 0 aliphatic carbocycles. The van der Waals surface area contributed by atoms with E-state index in [1.165, 1.54) is 11.9 Å². The van der Waals surface area contributed by atoms with Crippen molar-refractivity contribution in [3.8, 4) is 5.82 Å².